The Morgan fingerprint density at radius 1 is 1.27 bits per heavy atom. The van der Waals surface area contributed by atoms with Crippen LogP contribution in [0.4, 0.5) is 0 Å². The first-order valence-corrected chi connectivity index (χ1v) is 8.69. The van der Waals surface area contributed by atoms with Crippen molar-refractivity contribution in [3.8, 4) is 5.75 Å². The highest BCUT2D eigenvalue weighted by atomic mass is 127. The maximum absolute atomic E-state index is 12.0. The molecule has 7 heteroatoms. The average molecular weight is 541 g/mol. The molecule has 4 nitrogen and oxygen atoms in total. The molecule has 2 aromatic rings. The minimum absolute atomic E-state index is 0.244. The minimum Gasteiger partial charge on any atom is -0.506 e. The zero-order valence-electron chi connectivity index (χ0n) is 11.4. The lowest BCUT2D eigenvalue weighted by molar-refractivity contribution is 0.0955. The zero-order valence-corrected chi connectivity index (χ0v) is 16.5. The summed E-state index contributed by atoms with van der Waals surface area (Å²) in [6, 6.07) is 8.74. The molecule has 0 bridgehead atoms. The van der Waals surface area contributed by atoms with Crippen LogP contribution in [0, 0.1) is 14.1 Å². The predicted molar refractivity (Wildman–Crippen MR) is 105 cm³/mol. The Hall–Kier alpha value is -0.870. The number of carbonyl (C=O) groups is 1. The van der Waals surface area contributed by atoms with Gasteiger partial charge >= 0.3 is 0 Å². The normalized spacial score (nSPS) is 10.9. The number of aryl methyl sites for hydroxylation is 1. The third-order valence-electron chi connectivity index (χ3n) is 2.79. The first-order valence-electron chi connectivity index (χ1n) is 6.16. The Balaban J connectivity index is 2.10. The molecule has 0 radical (unpaired) electrons. The highest BCUT2D eigenvalue weighted by Crippen LogP contribution is 2.26. The maximum atomic E-state index is 12.0. The predicted octanol–water partition coefficient (Wildman–Crippen LogP) is 4.33. The van der Waals surface area contributed by atoms with Gasteiger partial charge in [-0.2, -0.15) is 5.10 Å². The van der Waals surface area contributed by atoms with Crippen molar-refractivity contribution < 1.29 is 9.90 Å². The molecule has 2 aromatic carbocycles. The number of phenols is 1. The number of hydrogen-bond acceptors (Lipinski definition) is 3. The number of aromatic hydroxyl groups is 1. The van der Waals surface area contributed by atoms with E-state index in [1.54, 1.807) is 24.3 Å². The van der Waals surface area contributed by atoms with E-state index in [0.29, 0.717) is 10.6 Å². The summed E-state index contributed by atoms with van der Waals surface area (Å²) in [5.41, 5.74) is 4.58. The van der Waals surface area contributed by atoms with Crippen LogP contribution in [0.25, 0.3) is 0 Å². The Kier molecular flexibility index (Phi) is 6.04. The highest BCUT2D eigenvalue weighted by Gasteiger charge is 2.09. The zero-order chi connectivity index (χ0) is 16.3. The molecule has 0 atom stereocenters. The van der Waals surface area contributed by atoms with Crippen LogP contribution in [0.15, 0.2) is 35.4 Å². The van der Waals surface area contributed by atoms with E-state index in [-0.39, 0.29) is 11.7 Å². The van der Waals surface area contributed by atoms with E-state index < -0.39 is 0 Å². The van der Waals surface area contributed by atoms with Gasteiger partial charge in [-0.3, -0.25) is 4.79 Å². The number of hydrazone groups is 1. The lowest BCUT2D eigenvalue weighted by Gasteiger charge is -2.04. The van der Waals surface area contributed by atoms with Crippen molar-refractivity contribution in [2.24, 2.45) is 5.10 Å². The average Bonchev–Trinajstić information content (AvgIpc) is 2.44. The van der Waals surface area contributed by atoms with Crippen LogP contribution >= 0.6 is 56.8 Å². The van der Waals surface area contributed by atoms with Gasteiger partial charge in [-0.15, -0.1) is 0 Å². The Morgan fingerprint density at radius 3 is 2.50 bits per heavy atom. The number of halogens is 3. The summed E-state index contributed by atoms with van der Waals surface area (Å²) in [5.74, 6) is -0.127. The molecule has 0 saturated carbocycles. The lowest BCUT2D eigenvalue weighted by Crippen LogP contribution is -2.18. The summed E-state index contributed by atoms with van der Waals surface area (Å²) in [5, 5.41) is 14.0. The molecule has 0 unspecified atom stereocenters. The second-order valence-corrected chi connectivity index (χ2v) is 7.25. The molecule has 0 aliphatic rings. The van der Waals surface area contributed by atoms with Gasteiger partial charge in [0.05, 0.1) is 23.9 Å². The van der Waals surface area contributed by atoms with E-state index in [2.05, 4.69) is 10.5 Å². The molecular weight excluding hydrogens is 529 g/mol. The summed E-state index contributed by atoms with van der Waals surface area (Å²) >= 11 is 10.1. The molecule has 0 spiro atoms. The second-order valence-electron chi connectivity index (χ2n) is 4.52. The molecule has 0 aromatic heterocycles. The van der Waals surface area contributed by atoms with Crippen molar-refractivity contribution in [3.63, 3.8) is 0 Å². The molecule has 2 rings (SSSR count). The number of benzene rings is 2. The fourth-order valence-electron chi connectivity index (χ4n) is 1.69. The SMILES string of the molecule is Cc1ccc(C(=O)N/N=C/c2cc(I)c(O)c(I)c2)c(Cl)c1. The van der Waals surface area contributed by atoms with Crippen LogP contribution < -0.4 is 5.43 Å². The van der Waals surface area contributed by atoms with Crippen LogP contribution in [-0.4, -0.2) is 17.2 Å². The molecule has 1 amide bonds. The molecular formula is C15H11ClI2N2O2. The third-order valence-corrected chi connectivity index (χ3v) is 4.75. The molecule has 0 aliphatic heterocycles. The van der Waals surface area contributed by atoms with Gasteiger partial charge < -0.3 is 5.11 Å². The fraction of sp³-hybridized carbons (Fsp3) is 0.0667. The number of phenolic OH excluding ortho intramolecular Hbond substituents is 1. The Labute approximate surface area is 160 Å². The summed E-state index contributed by atoms with van der Waals surface area (Å²) in [6.45, 7) is 1.90. The molecule has 0 saturated heterocycles. The van der Waals surface area contributed by atoms with Gasteiger partial charge in [0.1, 0.15) is 5.75 Å². The van der Waals surface area contributed by atoms with Crippen LogP contribution in [0.1, 0.15) is 21.5 Å². The van der Waals surface area contributed by atoms with E-state index in [4.69, 9.17) is 11.6 Å². The molecule has 0 heterocycles. The Bertz CT molecular complexity index is 740. The maximum Gasteiger partial charge on any atom is 0.272 e. The highest BCUT2D eigenvalue weighted by molar-refractivity contribution is 14.1. The first kappa shape index (κ1) is 17.5. The van der Waals surface area contributed by atoms with Crippen molar-refractivity contribution in [1.82, 2.24) is 5.43 Å². The van der Waals surface area contributed by atoms with E-state index in [0.717, 1.165) is 18.3 Å². The lowest BCUT2D eigenvalue weighted by atomic mass is 10.1. The van der Waals surface area contributed by atoms with Crippen LogP contribution in [0.5, 0.6) is 5.75 Å². The van der Waals surface area contributed by atoms with Gasteiger partial charge in [-0.25, -0.2) is 5.43 Å². The van der Waals surface area contributed by atoms with Gasteiger partial charge in [0.2, 0.25) is 0 Å². The number of amides is 1. The van der Waals surface area contributed by atoms with Crippen LogP contribution in [-0.2, 0) is 0 Å². The van der Waals surface area contributed by atoms with Gasteiger partial charge in [-0.05, 0) is 87.5 Å². The number of nitrogens with one attached hydrogen (secondary N) is 1. The van der Waals surface area contributed by atoms with Gasteiger partial charge in [0.25, 0.3) is 5.91 Å². The van der Waals surface area contributed by atoms with E-state index >= 15 is 0 Å². The Morgan fingerprint density at radius 2 is 1.91 bits per heavy atom. The van der Waals surface area contributed by atoms with E-state index in [1.807, 2.05) is 58.2 Å². The van der Waals surface area contributed by atoms with Crippen molar-refractivity contribution in [3.05, 3.63) is 59.2 Å². The quantitative estimate of drug-likeness (QED) is 0.346. The summed E-state index contributed by atoms with van der Waals surface area (Å²) in [7, 11) is 0. The first-order chi connectivity index (χ1) is 10.4. The van der Waals surface area contributed by atoms with Crippen molar-refractivity contribution in [2.75, 3.05) is 0 Å². The second kappa shape index (κ2) is 7.60. The summed E-state index contributed by atoms with van der Waals surface area (Å²) < 4.78 is 1.44. The number of nitrogens with zero attached hydrogens (tertiary/aromatic N) is 1. The minimum atomic E-state index is -0.371. The van der Waals surface area contributed by atoms with Gasteiger partial charge in [-0.1, -0.05) is 17.7 Å². The van der Waals surface area contributed by atoms with Crippen LogP contribution in [0.3, 0.4) is 0 Å². The molecule has 2 N–H and O–H groups in total. The summed E-state index contributed by atoms with van der Waals surface area (Å²) in [6.07, 6.45) is 1.52. The number of hydrogen-bond donors (Lipinski definition) is 2. The smallest absolute Gasteiger partial charge is 0.272 e. The van der Waals surface area contributed by atoms with Gasteiger partial charge in [0, 0.05) is 0 Å². The standard InChI is InChI=1S/C15H11ClI2N2O2/c1-8-2-3-10(11(16)4-8)15(22)20-19-7-9-5-12(17)14(21)13(18)6-9/h2-7,21H,1H3,(H,20,22)/b19-7+. The molecule has 0 aliphatic carbocycles. The van der Waals surface area contributed by atoms with Gasteiger partial charge in [0.15, 0.2) is 0 Å². The van der Waals surface area contributed by atoms with Crippen molar-refractivity contribution >= 4 is 68.9 Å². The topological polar surface area (TPSA) is 61.7 Å². The van der Waals surface area contributed by atoms with Crippen molar-refractivity contribution in [2.45, 2.75) is 6.92 Å². The van der Waals surface area contributed by atoms with E-state index in [1.165, 1.54) is 6.21 Å². The number of carbonyl (C=O) groups excluding carboxylic acids is 1. The van der Waals surface area contributed by atoms with E-state index in [9.17, 15) is 9.90 Å². The monoisotopic (exact) mass is 540 g/mol. The molecule has 0 fully saturated rings. The third kappa shape index (κ3) is 4.32. The van der Waals surface area contributed by atoms with Crippen LogP contribution in [0.2, 0.25) is 5.02 Å². The summed E-state index contributed by atoms with van der Waals surface area (Å²) in [4.78, 5) is 12.0. The molecule has 22 heavy (non-hydrogen) atoms. The van der Waals surface area contributed by atoms with Crippen molar-refractivity contribution in [1.29, 1.82) is 0 Å². The molecule has 114 valence electrons. The largest absolute Gasteiger partial charge is 0.506 e. The fourth-order valence-corrected chi connectivity index (χ4v) is 3.83. The number of rotatable bonds is 3.